The van der Waals surface area contributed by atoms with Crippen LogP contribution in [-0.4, -0.2) is 45.2 Å². The number of carbonyl (C=O) groups excluding carboxylic acids is 2. The maximum Gasteiger partial charge on any atom is 0.417 e. The second kappa shape index (κ2) is 7.80. The van der Waals surface area contributed by atoms with Gasteiger partial charge in [-0.05, 0) is 6.07 Å². The Morgan fingerprint density at radius 3 is 2.50 bits per heavy atom. The van der Waals surface area contributed by atoms with Gasteiger partial charge in [-0.2, -0.15) is 23.0 Å². The van der Waals surface area contributed by atoms with E-state index < -0.39 is 57.4 Å². The van der Waals surface area contributed by atoms with E-state index in [1.807, 2.05) is 0 Å². The molecule has 0 spiro atoms. The molecule has 2 aromatic rings. The summed E-state index contributed by atoms with van der Waals surface area (Å²) in [6.07, 6.45) is -3.51. The molecule has 0 aliphatic heterocycles. The molecule has 0 bridgehead atoms. The van der Waals surface area contributed by atoms with E-state index in [2.05, 4.69) is 14.8 Å². The van der Waals surface area contributed by atoms with Gasteiger partial charge in [-0.15, -0.1) is 0 Å². The highest BCUT2D eigenvalue weighted by molar-refractivity contribution is 6.32. The fourth-order valence-electron chi connectivity index (χ4n) is 2.14. The van der Waals surface area contributed by atoms with Gasteiger partial charge in [-0.3, -0.25) is 24.6 Å². The zero-order valence-electron chi connectivity index (χ0n) is 14.2. The number of pyridine rings is 1. The summed E-state index contributed by atoms with van der Waals surface area (Å²) in [6, 6.07) is 0.555. The van der Waals surface area contributed by atoms with E-state index in [-0.39, 0.29) is 0 Å². The summed E-state index contributed by atoms with van der Waals surface area (Å²) in [5, 5.41) is 14.5. The summed E-state index contributed by atoms with van der Waals surface area (Å²) >= 11 is 5.86. The van der Waals surface area contributed by atoms with Crippen LogP contribution in [0, 0.1) is 10.1 Å². The summed E-state index contributed by atoms with van der Waals surface area (Å²) in [7, 11) is 1.04. The largest absolute Gasteiger partial charge is 0.468 e. The summed E-state index contributed by atoms with van der Waals surface area (Å²) in [5.41, 5.74) is -1.85. The Morgan fingerprint density at radius 2 is 2.04 bits per heavy atom. The Balaban J connectivity index is 2.68. The quantitative estimate of drug-likeness (QED) is 0.413. The summed E-state index contributed by atoms with van der Waals surface area (Å²) < 4.78 is 43.5. The van der Waals surface area contributed by atoms with Crippen molar-refractivity contribution in [2.75, 3.05) is 18.6 Å². The number of rotatable bonds is 5. The number of halogens is 4. The Labute approximate surface area is 159 Å². The highest BCUT2D eigenvalue weighted by Gasteiger charge is 2.34. The Bertz CT molecular complexity index is 946. The molecule has 0 N–H and O–H groups in total. The van der Waals surface area contributed by atoms with Crippen LogP contribution in [0.1, 0.15) is 12.5 Å². The lowest BCUT2D eigenvalue weighted by atomic mass is 10.3. The molecule has 14 heteroatoms. The standard InChI is InChI=1S/C14H11ClF3N5O5/c1-7(24)21(6-11(25)28-2)13-10(23(26)27)5-20-22(13)12-9(15)3-8(4-19-12)14(16,17)18/h3-5H,6H2,1-2H3. The number of esters is 1. The van der Waals surface area contributed by atoms with Crippen molar-refractivity contribution >= 4 is 35.0 Å². The van der Waals surface area contributed by atoms with E-state index >= 15 is 0 Å². The number of ether oxygens (including phenoxy) is 1. The van der Waals surface area contributed by atoms with E-state index in [1.165, 1.54) is 0 Å². The van der Waals surface area contributed by atoms with Gasteiger partial charge in [-0.25, -0.2) is 4.98 Å². The first kappa shape index (κ1) is 21.1. The lowest BCUT2D eigenvalue weighted by Crippen LogP contribution is -2.36. The van der Waals surface area contributed by atoms with E-state index in [1.54, 1.807) is 0 Å². The van der Waals surface area contributed by atoms with Crippen LogP contribution in [0.25, 0.3) is 5.82 Å². The predicted octanol–water partition coefficient (Wildman–Crippen LogP) is 2.37. The van der Waals surface area contributed by atoms with Crippen LogP contribution in [0.15, 0.2) is 18.5 Å². The molecule has 0 saturated carbocycles. The lowest BCUT2D eigenvalue weighted by Gasteiger charge is -2.20. The minimum atomic E-state index is -4.72. The van der Waals surface area contributed by atoms with Crippen molar-refractivity contribution in [3.8, 4) is 5.82 Å². The fraction of sp³-hybridized carbons (Fsp3) is 0.286. The van der Waals surface area contributed by atoms with Crippen molar-refractivity contribution in [1.29, 1.82) is 0 Å². The minimum absolute atomic E-state index is 0.408. The molecule has 0 fully saturated rings. The molecule has 10 nitrogen and oxygen atoms in total. The summed E-state index contributed by atoms with van der Waals surface area (Å²) in [4.78, 5) is 38.2. The van der Waals surface area contributed by atoms with Crippen LogP contribution < -0.4 is 4.90 Å². The van der Waals surface area contributed by atoms with Gasteiger partial charge in [0, 0.05) is 13.1 Å². The van der Waals surface area contributed by atoms with Crippen LogP contribution in [0.4, 0.5) is 24.7 Å². The number of hydrogen-bond donors (Lipinski definition) is 0. The highest BCUT2D eigenvalue weighted by atomic mass is 35.5. The summed E-state index contributed by atoms with van der Waals surface area (Å²) in [5.74, 6) is -2.62. The van der Waals surface area contributed by atoms with Crippen LogP contribution in [-0.2, 0) is 20.5 Å². The molecule has 0 aliphatic rings. The second-order valence-corrected chi connectivity index (χ2v) is 5.64. The molecule has 2 aromatic heterocycles. The second-order valence-electron chi connectivity index (χ2n) is 5.23. The van der Waals surface area contributed by atoms with Crippen LogP contribution in [0.3, 0.4) is 0 Å². The van der Waals surface area contributed by atoms with E-state index in [0.29, 0.717) is 21.8 Å². The first-order valence-electron chi connectivity index (χ1n) is 7.27. The topological polar surface area (TPSA) is 120 Å². The number of aromatic nitrogens is 3. The maximum atomic E-state index is 12.8. The maximum absolute atomic E-state index is 12.8. The molecule has 0 saturated heterocycles. The number of anilines is 1. The Morgan fingerprint density at radius 1 is 1.39 bits per heavy atom. The molecule has 0 atom stereocenters. The zero-order chi connectivity index (χ0) is 21.2. The molecule has 150 valence electrons. The number of carbonyl (C=O) groups is 2. The van der Waals surface area contributed by atoms with Crippen molar-refractivity contribution < 1.29 is 32.4 Å². The number of nitrogens with zero attached hydrogens (tertiary/aromatic N) is 5. The monoisotopic (exact) mass is 421 g/mol. The first-order chi connectivity index (χ1) is 13.0. The van der Waals surface area contributed by atoms with Gasteiger partial charge in [0.2, 0.25) is 11.7 Å². The zero-order valence-corrected chi connectivity index (χ0v) is 15.0. The number of hydrogen-bond acceptors (Lipinski definition) is 7. The lowest BCUT2D eigenvalue weighted by molar-refractivity contribution is -0.384. The predicted molar refractivity (Wildman–Crippen MR) is 88.1 cm³/mol. The molecule has 1 amide bonds. The van der Waals surface area contributed by atoms with Gasteiger partial charge in [0.15, 0.2) is 5.82 Å². The molecule has 2 rings (SSSR count). The van der Waals surface area contributed by atoms with E-state index in [0.717, 1.165) is 20.2 Å². The normalized spacial score (nSPS) is 11.2. The van der Waals surface area contributed by atoms with Gasteiger partial charge in [0.05, 0.1) is 22.6 Å². The highest BCUT2D eigenvalue weighted by Crippen LogP contribution is 2.35. The van der Waals surface area contributed by atoms with E-state index in [4.69, 9.17) is 11.6 Å². The van der Waals surface area contributed by atoms with Gasteiger partial charge >= 0.3 is 17.8 Å². The minimum Gasteiger partial charge on any atom is -0.468 e. The molecular formula is C14H11ClF3N5O5. The van der Waals surface area contributed by atoms with Crippen molar-refractivity contribution in [2.45, 2.75) is 13.1 Å². The van der Waals surface area contributed by atoms with Crippen LogP contribution >= 0.6 is 11.6 Å². The van der Waals surface area contributed by atoms with Crippen molar-refractivity contribution in [1.82, 2.24) is 14.8 Å². The third kappa shape index (κ3) is 4.19. The smallest absolute Gasteiger partial charge is 0.417 e. The van der Waals surface area contributed by atoms with Gasteiger partial charge < -0.3 is 4.74 Å². The van der Waals surface area contributed by atoms with Gasteiger partial charge in [0.1, 0.15) is 12.7 Å². The van der Waals surface area contributed by atoms with E-state index in [9.17, 15) is 32.9 Å². The molecule has 0 aromatic carbocycles. The third-order valence-electron chi connectivity index (χ3n) is 3.42. The van der Waals surface area contributed by atoms with Crippen molar-refractivity contribution in [3.05, 3.63) is 39.2 Å². The molecule has 0 aliphatic carbocycles. The fourth-order valence-corrected chi connectivity index (χ4v) is 2.39. The SMILES string of the molecule is COC(=O)CN(C(C)=O)c1c([N+](=O)[O-])cnn1-c1ncc(C(F)(F)F)cc1Cl. The third-order valence-corrected chi connectivity index (χ3v) is 3.70. The molecule has 0 unspecified atom stereocenters. The van der Waals surface area contributed by atoms with Crippen LogP contribution in [0.2, 0.25) is 5.02 Å². The number of methoxy groups -OCH3 is 1. The Hall–Kier alpha value is -3.22. The average molecular weight is 422 g/mol. The van der Waals surface area contributed by atoms with Crippen molar-refractivity contribution in [2.24, 2.45) is 0 Å². The molecule has 2 heterocycles. The molecule has 28 heavy (non-hydrogen) atoms. The number of alkyl halides is 3. The Kier molecular flexibility index (Phi) is 5.87. The van der Waals surface area contributed by atoms with Crippen LogP contribution in [0.5, 0.6) is 0 Å². The summed E-state index contributed by atoms with van der Waals surface area (Å²) in [6.45, 7) is 0.308. The molecular weight excluding hydrogens is 411 g/mol. The molecule has 0 radical (unpaired) electrons. The average Bonchev–Trinajstić information content (AvgIpc) is 3.02. The van der Waals surface area contributed by atoms with Crippen molar-refractivity contribution in [3.63, 3.8) is 0 Å². The number of nitro groups is 1. The van der Waals surface area contributed by atoms with Gasteiger partial charge in [-0.1, -0.05) is 11.6 Å². The van der Waals surface area contributed by atoms with Gasteiger partial charge in [0.25, 0.3) is 0 Å². The number of amides is 1. The first-order valence-corrected chi connectivity index (χ1v) is 7.65.